The van der Waals surface area contributed by atoms with Crippen molar-refractivity contribution in [3.8, 4) is 12.3 Å². The molecule has 5 unspecified atom stereocenters. The lowest BCUT2D eigenvalue weighted by atomic mass is 9.97. The van der Waals surface area contributed by atoms with Crippen molar-refractivity contribution in [2.75, 3.05) is 0 Å². The van der Waals surface area contributed by atoms with E-state index in [9.17, 15) is 14.4 Å². The van der Waals surface area contributed by atoms with Gasteiger partial charge in [0.2, 0.25) is 11.8 Å². The number of ether oxygens (including phenoxy) is 1. The molecule has 186 valence electrons. The Morgan fingerprint density at radius 2 is 1.82 bits per heavy atom. The number of rotatable bonds is 9. The van der Waals surface area contributed by atoms with E-state index in [4.69, 9.17) is 11.2 Å². The van der Waals surface area contributed by atoms with Crippen LogP contribution in [0.15, 0.2) is 24.3 Å². The Bertz CT molecular complexity index is 931. The fourth-order valence-corrected chi connectivity index (χ4v) is 4.05. The maximum atomic E-state index is 13.7. The first-order valence-electron chi connectivity index (χ1n) is 12.1. The van der Waals surface area contributed by atoms with Crippen LogP contribution in [0, 0.1) is 18.3 Å². The molecule has 1 fully saturated rings. The van der Waals surface area contributed by atoms with Crippen molar-refractivity contribution < 1.29 is 19.1 Å². The molecule has 7 nitrogen and oxygen atoms in total. The molecule has 1 aliphatic rings. The van der Waals surface area contributed by atoms with Gasteiger partial charge in [-0.3, -0.25) is 9.59 Å². The van der Waals surface area contributed by atoms with Crippen molar-refractivity contribution in [3.63, 3.8) is 0 Å². The van der Waals surface area contributed by atoms with Crippen molar-refractivity contribution in [2.24, 2.45) is 5.92 Å². The normalized spacial score (nSPS) is 19.7. The van der Waals surface area contributed by atoms with Gasteiger partial charge in [-0.15, -0.1) is 6.42 Å². The third-order valence-corrected chi connectivity index (χ3v) is 5.83. The maximum Gasteiger partial charge on any atom is 0.408 e. The summed E-state index contributed by atoms with van der Waals surface area (Å²) in [5.41, 5.74) is 0.467. The van der Waals surface area contributed by atoms with E-state index in [1.165, 1.54) is 0 Å². The van der Waals surface area contributed by atoms with Gasteiger partial charge in [-0.05, 0) is 65.0 Å². The molecule has 0 heterocycles. The summed E-state index contributed by atoms with van der Waals surface area (Å²) in [6.07, 6.45) is 7.59. The number of carbonyl (C=O) groups is 3. The number of nitrogens with one attached hydrogen (secondary N) is 2. The Morgan fingerprint density at radius 3 is 2.35 bits per heavy atom. The molecule has 7 heteroatoms. The van der Waals surface area contributed by atoms with Gasteiger partial charge in [0, 0.05) is 17.6 Å². The highest BCUT2D eigenvalue weighted by Crippen LogP contribution is 2.41. The Hall–Kier alpha value is -3.01. The zero-order chi connectivity index (χ0) is 25.6. The van der Waals surface area contributed by atoms with E-state index in [1.807, 2.05) is 26.0 Å². The van der Waals surface area contributed by atoms with Crippen LogP contribution in [-0.4, -0.2) is 46.5 Å². The minimum Gasteiger partial charge on any atom is -0.444 e. The van der Waals surface area contributed by atoms with E-state index in [0.717, 1.165) is 19.3 Å². The summed E-state index contributed by atoms with van der Waals surface area (Å²) in [6.45, 7) is 12.9. The Balaban J connectivity index is 2.44. The fourth-order valence-electron chi connectivity index (χ4n) is 4.05. The van der Waals surface area contributed by atoms with Crippen LogP contribution in [0.4, 0.5) is 4.79 Å². The van der Waals surface area contributed by atoms with E-state index < -0.39 is 23.8 Å². The maximum absolute atomic E-state index is 13.7. The fraction of sp³-hybridized carbons (Fsp3) is 0.593. The lowest BCUT2D eigenvalue weighted by molar-refractivity contribution is -0.143. The predicted octanol–water partition coefficient (Wildman–Crippen LogP) is 4.16. The SMILES string of the molecule is C#Cc1ccccc1C(C(=O)NC(C)CCC)N(C(=O)C(C)NC(=O)OC(C)(C)C)C1CC1C. The van der Waals surface area contributed by atoms with Gasteiger partial charge in [-0.25, -0.2) is 4.79 Å². The van der Waals surface area contributed by atoms with Gasteiger partial charge in [-0.2, -0.15) is 0 Å². The van der Waals surface area contributed by atoms with Crippen LogP contribution in [0.5, 0.6) is 0 Å². The number of amides is 3. The molecule has 34 heavy (non-hydrogen) atoms. The molecule has 3 amide bonds. The van der Waals surface area contributed by atoms with Gasteiger partial charge in [0.15, 0.2) is 0 Å². The molecule has 2 rings (SSSR count). The lowest BCUT2D eigenvalue weighted by Crippen LogP contribution is -2.53. The van der Waals surface area contributed by atoms with E-state index in [0.29, 0.717) is 11.1 Å². The summed E-state index contributed by atoms with van der Waals surface area (Å²) >= 11 is 0. The second-order valence-corrected chi connectivity index (χ2v) is 10.2. The van der Waals surface area contributed by atoms with Gasteiger partial charge in [0.1, 0.15) is 17.7 Å². The van der Waals surface area contributed by atoms with E-state index in [2.05, 4.69) is 23.5 Å². The lowest BCUT2D eigenvalue weighted by Gasteiger charge is -2.35. The minimum absolute atomic E-state index is 0.0520. The van der Waals surface area contributed by atoms with Crippen LogP contribution in [0.25, 0.3) is 0 Å². The smallest absolute Gasteiger partial charge is 0.408 e. The van der Waals surface area contributed by atoms with Crippen molar-refractivity contribution >= 4 is 17.9 Å². The number of nitrogens with zero attached hydrogens (tertiary/aromatic N) is 1. The number of benzene rings is 1. The molecule has 0 aliphatic heterocycles. The third-order valence-electron chi connectivity index (χ3n) is 5.83. The third kappa shape index (κ3) is 7.24. The standard InChI is InChI=1S/C27H39N3O4/c1-9-13-18(4)28-24(31)23(21-15-12-11-14-20(21)10-2)30(22-16-17(22)3)25(32)19(5)29-26(33)34-27(6,7)8/h2,11-12,14-15,17-19,22-23H,9,13,16H2,1,3-8H3,(H,28,31)(H,29,33). The zero-order valence-electron chi connectivity index (χ0n) is 21.5. The first-order valence-corrected chi connectivity index (χ1v) is 12.1. The Morgan fingerprint density at radius 1 is 1.21 bits per heavy atom. The molecule has 0 bridgehead atoms. The summed E-state index contributed by atoms with van der Waals surface area (Å²) in [4.78, 5) is 41.3. The molecule has 2 N–H and O–H groups in total. The second kappa shape index (κ2) is 11.4. The van der Waals surface area contributed by atoms with Gasteiger partial charge < -0.3 is 20.3 Å². The van der Waals surface area contributed by atoms with Gasteiger partial charge in [-0.1, -0.05) is 44.4 Å². The second-order valence-electron chi connectivity index (χ2n) is 10.2. The average molecular weight is 470 g/mol. The van der Waals surface area contributed by atoms with Crippen molar-refractivity contribution in [1.82, 2.24) is 15.5 Å². The molecule has 0 spiro atoms. The molecular weight excluding hydrogens is 430 g/mol. The van der Waals surface area contributed by atoms with E-state index >= 15 is 0 Å². The number of carbonyl (C=O) groups excluding carboxylic acids is 3. The largest absolute Gasteiger partial charge is 0.444 e. The number of hydrogen-bond donors (Lipinski definition) is 2. The van der Waals surface area contributed by atoms with E-state index in [1.54, 1.807) is 44.7 Å². The highest BCUT2D eigenvalue weighted by molar-refractivity contribution is 5.93. The first-order chi connectivity index (χ1) is 15.9. The molecule has 1 aromatic rings. The summed E-state index contributed by atoms with van der Waals surface area (Å²) < 4.78 is 5.32. The zero-order valence-corrected chi connectivity index (χ0v) is 21.5. The van der Waals surface area contributed by atoms with Crippen molar-refractivity contribution in [3.05, 3.63) is 35.4 Å². The molecule has 0 radical (unpaired) electrons. The Kier molecular flexibility index (Phi) is 9.14. The molecule has 1 aromatic carbocycles. The predicted molar refractivity (Wildman–Crippen MR) is 133 cm³/mol. The minimum atomic E-state index is -0.906. The van der Waals surface area contributed by atoms with Crippen molar-refractivity contribution in [1.29, 1.82) is 0 Å². The quantitative estimate of drug-likeness (QED) is 0.532. The van der Waals surface area contributed by atoms with Crippen LogP contribution < -0.4 is 10.6 Å². The number of alkyl carbamates (subject to hydrolysis) is 1. The average Bonchev–Trinajstić information content (AvgIpc) is 3.45. The number of hydrogen-bond acceptors (Lipinski definition) is 4. The summed E-state index contributed by atoms with van der Waals surface area (Å²) in [5, 5.41) is 5.69. The van der Waals surface area contributed by atoms with Gasteiger partial charge in [0.05, 0.1) is 0 Å². The van der Waals surface area contributed by atoms with Crippen LogP contribution in [0.3, 0.4) is 0 Å². The summed E-state index contributed by atoms with van der Waals surface area (Å²) in [6, 6.07) is 5.22. The molecule has 0 aromatic heterocycles. The molecule has 1 saturated carbocycles. The van der Waals surface area contributed by atoms with Gasteiger partial charge >= 0.3 is 6.09 Å². The first kappa shape index (κ1) is 27.2. The highest BCUT2D eigenvalue weighted by atomic mass is 16.6. The summed E-state index contributed by atoms with van der Waals surface area (Å²) in [7, 11) is 0. The van der Waals surface area contributed by atoms with E-state index in [-0.39, 0.29) is 29.8 Å². The number of terminal acetylenes is 1. The molecule has 5 atom stereocenters. The van der Waals surface area contributed by atoms with Gasteiger partial charge in [0.25, 0.3) is 0 Å². The molecular formula is C27H39N3O4. The monoisotopic (exact) mass is 469 g/mol. The van der Waals surface area contributed by atoms with Crippen LogP contribution in [-0.2, 0) is 14.3 Å². The van der Waals surface area contributed by atoms with Crippen molar-refractivity contribution in [2.45, 2.75) is 97.5 Å². The topological polar surface area (TPSA) is 87.7 Å². The summed E-state index contributed by atoms with van der Waals surface area (Å²) in [5.74, 6) is 2.26. The molecule has 0 saturated heterocycles. The Labute approximate surface area is 204 Å². The van der Waals surface area contributed by atoms with Crippen LogP contribution in [0.1, 0.15) is 84.9 Å². The van der Waals surface area contributed by atoms with Crippen LogP contribution in [0.2, 0.25) is 0 Å². The molecule has 1 aliphatic carbocycles. The van der Waals surface area contributed by atoms with Crippen LogP contribution >= 0.6 is 0 Å². The highest BCUT2D eigenvalue weighted by Gasteiger charge is 2.48.